The largest absolute Gasteiger partial charge is 0.480 e. The van der Waals surface area contributed by atoms with E-state index in [1.165, 1.54) is 12.1 Å². The van der Waals surface area contributed by atoms with Crippen molar-refractivity contribution in [1.82, 2.24) is 15.1 Å². The van der Waals surface area contributed by atoms with Crippen LogP contribution in [0.3, 0.4) is 0 Å². The molecule has 2 atom stereocenters. The lowest BCUT2D eigenvalue weighted by molar-refractivity contribution is -0.138. The van der Waals surface area contributed by atoms with Crippen LogP contribution in [0, 0.1) is 11.7 Å². The number of hydrogen-bond donors (Lipinski definition) is 2. The van der Waals surface area contributed by atoms with Crippen molar-refractivity contribution in [2.75, 3.05) is 39.8 Å². The molecule has 1 aromatic rings. The molecule has 2 aliphatic rings. The molecule has 28 heavy (non-hydrogen) atoms. The topological polar surface area (TPSA) is 82.1 Å². The third kappa shape index (κ3) is 5.42. The Morgan fingerprint density at radius 1 is 1.36 bits per heavy atom. The van der Waals surface area contributed by atoms with Gasteiger partial charge in [-0.15, -0.1) is 0 Å². The number of ether oxygens (including phenoxy) is 1. The van der Waals surface area contributed by atoms with E-state index in [0.29, 0.717) is 32.2 Å². The van der Waals surface area contributed by atoms with Crippen molar-refractivity contribution in [3.63, 3.8) is 0 Å². The zero-order valence-electron chi connectivity index (χ0n) is 16.1. The van der Waals surface area contributed by atoms with Gasteiger partial charge in [-0.3, -0.25) is 9.69 Å². The van der Waals surface area contributed by atoms with Crippen LogP contribution in [0.15, 0.2) is 24.3 Å². The van der Waals surface area contributed by atoms with Gasteiger partial charge in [0.2, 0.25) is 0 Å². The van der Waals surface area contributed by atoms with Crippen LogP contribution < -0.4 is 5.32 Å². The molecule has 0 spiro atoms. The van der Waals surface area contributed by atoms with Crippen molar-refractivity contribution in [1.29, 1.82) is 0 Å². The lowest BCUT2D eigenvalue weighted by atomic mass is 9.77. The molecule has 0 radical (unpaired) electrons. The standard InChI is InChI=1S/C20H28FN3O4/c1-23(13-18(25)26)11-17-12-24(9-10-28-17)20(27)22-19(14-3-2-4-14)15-5-7-16(21)8-6-15/h5-8,14,17,19H,2-4,9-13H2,1H3,(H,22,27)(H,25,26). The van der Waals surface area contributed by atoms with E-state index in [4.69, 9.17) is 9.84 Å². The molecule has 154 valence electrons. The summed E-state index contributed by atoms with van der Waals surface area (Å²) >= 11 is 0. The minimum absolute atomic E-state index is 0.0691. The molecule has 2 unspecified atom stereocenters. The summed E-state index contributed by atoms with van der Waals surface area (Å²) in [6, 6.07) is 6.04. The zero-order valence-corrected chi connectivity index (χ0v) is 16.1. The number of morpholine rings is 1. The maximum Gasteiger partial charge on any atom is 0.318 e. The minimum Gasteiger partial charge on any atom is -0.480 e. The molecule has 2 N–H and O–H groups in total. The summed E-state index contributed by atoms with van der Waals surface area (Å²) in [6.45, 7) is 1.70. The normalized spacial score (nSPS) is 21.2. The monoisotopic (exact) mass is 393 g/mol. The van der Waals surface area contributed by atoms with Crippen LogP contribution in [0.2, 0.25) is 0 Å². The van der Waals surface area contributed by atoms with E-state index in [2.05, 4.69) is 5.32 Å². The number of nitrogens with zero attached hydrogens (tertiary/aromatic N) is 2. The molecule has 1 aromatic carbocycles. The average Bonchev–Trinajstić information content (AvgIpc) is 2.59. The summed E-state index contributed by atoms with van der Waals surface area (Å²) in [5.41, 5.74) is 0.922. The first-order valence-electron chi connectivity index (χ1n) is 9.75. The highest BCUT2D eigenvalue weighted by atomic mass is 19.1. The van der Waals surface area contributed by atoms with Gasteiger partial charge in [-0.2, -0.15) is 0 Å². The molecule has 2 amide bonds. The number of urea groups is 1. The quantitative estimate of drug-likeness (QED) is 0.741. The van der Waals surface area contributed by atoms with Gasteiger partial charge in [0.15, 0.2) is 0 Å². The van der Waals surface area contributed by atoms with Gasteiger partial charge < -0.3 is 20.1 Å². The molecule has 1 aliphatic carbocycles. The van der Waals surface area contributed by atoms with E-state index in [1.807, 2.05) is 0 Å². The minimum atomic E-state index is -0.893. The fourth-order valence-corrected chi connectivity index (χ4v) is 3.80. The van der Waals surface area contributed by atoms with Crippen LogP contribution in [0.1, 0.15) is 30.9 Å². The number of hydrogen-bond acceptors (Lipinski definition) is 4. The number of halogens is 1. The highest BCUT2D eigenvalue weighted by molar-refractivity contribution is 5.75. The molecule has 3 rings (SSSR count). The summed E-state index contributed by atoms with van der Waals surface area (Å²) in [5.74, 6) is -0.813. The number of carboxylic acid groups (broad SMARTS) is 1. The van der Waals surface area contributed by atoms with Crippen molar-refractivity contribution in [3.05, 3.63) is 35.6 Å². The Kier molecular flexibility index (Phi) is 6.85. The zero-order chi connectivity index (χ0) is 20.1. The SMILES string of the molecule is CN(CC(=O)O)CC1CN(C(=O)NC(c2ccc(F)cc2)C2CCC2)CCO1. The first-order chi connectivity index (χ1) is 13.4. The van der Waals surface area contributed by atoms with E-state index in [-0.39, 0.29) is 30.5 Å². The Hall–Kier alpha value is -2.19. The van der Waals surface area contributed by atoms with Gasteiger partial charge in [-0.1, -0.05) is 18.6 Å². The highest BCUT2D eigenvalue weighted by Crippen LogP contribution is 2.37. The van der Waals surface area contributed by atoms with Crippen LogP contribution in [-0.2, 0) is 9.53 Å². The Bertz CT molecular complexity index is 681. The van der Waals surface area contributed by atoms with E-state index >= 15 is 0 Å². The van der Waals surface area contributed by atoms with Gasteiger partial charge in [-0.25, -0.2) is 9.18 Å². The summed E-state index contributed by atoms with van der Waals surface area (Å²) < 4.78 is 19.0. The fraction of sp³-hybridized carbons (Fsp3) is 0.600. The van der Waals surface area contributed by atoms with Gasteiger partial charge in [0.1, 0.15) is 5.82 Å². The second-order valence-electron chi connectivity index (χ2n) is 7.70. The Labute approximate surface area is 164 Å². The maximum atomic E-state index is 13.3. The predicted molar refractivity (Wildman–Crippen MR) is 101 cm³/mol. The lowest BCUT2D eigenvalue weighted by Crippen LogP contribution is -2.53. The molecular formula is C20H28FN3O4. The van der Waals surface area contributed by atoms with Gasteiger partial charge in [0.05, 0.1) is 25.3 Å². The van der Waals surface area contributed by atoms with Crippen LogP contribution in [0.25, 0.3) is 0 Å². The third-order valence-electron chi connectivity index (χ3n) is 5.48. The molecule has 0 bridgehead atoms. The van der Waals surface area contributed by atoms with Gasteiger partial charge in [-0.05, 0) is 43.5 Å². The number of carbonyl (C=O) groups is 2. The Morgan fingerprint density at radius 2 is 2.07 bits per heavy atom. The molecule has 1 heterocycles. The number of likely N-dealkylation sites (N-methyl/N-ethyl adjacent to an activating group) is 1. The van der Waals surface area contributed by atoms with Crippen molar-refractivity contribution >= 4 is 12.0 Å². The van der Waals surface area contributed by atoms with Crippen LogP contribution in [0.5, 0.6) is 0 Å². The predicted octanol–water partition coefficient (Wildman–Crippen LogP) is 2.09. The maximum absolute atomic E-state index is 13.3. The van der Waals surface area contributed by atoms with Crippen LogP contribution in [-0.4, -0.2) is 72.8 Å². The second kappa shape index (κ2) is 9.34. The number of amides is 2. The van der Waals surface area contributed by atoms with Crippen molar-refractivity contribution in [2.24, 2.45) is 5.92 Å². The summed E-state index contributed by atoms with van der Waals surface area (Å²) in [6.07, 6.45) is 3.02. The lowest BCUT2D eigenvalue weighted by Gasteiger charge is -2.38. The number of nitrogens with one attached hydrogen (secondary N) is 1. The number of carboxylic acids is 1. The number of carbonyl (C=O) groups excluding carboxylic acids is 1. The summed E-state index contributed by atoms with van der Waals surface area (Å²) in [7, 11) is 1.72. The molecule has 8 heteroatoms. The van der Waals surface area contributed by atoms with Crippen LogP contribution in [0.4, 0.5) is 9.18 Å². The highest BCUT2D eigenvalue weighted by Gasteiger charge is 2.32. The van der Waals surface area contributed by atoms with Gasteiger partial charge >= 0.3 is 12.0 Å². The van der Waals surface area contributed by atoms with E-state index < -0.39 is 5.97 Å². The molecular weight excluding hydrogens is 365 g/mol. The molecule has 7 nitrogen and oxygen atoms in total. The van der Waals surface area contributed by atoms with Crippen molar-refractivity contribution in [2.45, 2.75) is 31.4 Å². The van der Waals surface area contributed by atoms with E-state index in [9.17, 15) is 14.0 Å². The fourth-order valence-electron chi connectivity index (χ4n) is 3.80. The molecule has 1 saturated heterocycles. The van der Waals surface area contributed by atoms with E-state index in [0.717, 1.165) is 24.8 Å². The molecule has 2 fully saturated rings. The third-order valence-corrected chi connectivity index (χ3v) is 5.48. The van der Waals surface area contributed by atoms with Crippen molar-refractivity contribution < 1.29 is 23.8 Å². The van der Waals surface area contributed by atoms with Gasteiger partial charge in [0.25, 0.3) is 0 Å². The summed E-state index contributed by atoms with van der Waals surface area (Å²) in [4.78, 5) is 27.1. The number of benzene rings is 1. The molecule has 0 aromatic heterocycles. The first-order valence-corrected chi connectivity index (χ1v) is 9.75. The van der Waals surface area contributed by atoms with Gasteiger partial charge in [0, 0.05) is 19.6 Å². The Balaban J connectivity index is 1.59. The number of aliphatic carboxylic acids is 1. The van der Waals surface area contributed by atoms with Crippen LogP contribution >= 0.6 is 0 Å². The van der Waals surface area contributed by atoms with Crippen molar-refractivity contribution in [3.8, 4) is 0 Å². The second-order valence-corrected chi connectivity index (χ2v) is 7.70. The molecule has 1 aliphatic heterocycles. The summed E-state index contributed by atoms with van der Waals surface area (Å²) in [5, 5.41) is 12.0. The number of rotatable bonds is 7. The Morgan fingerprint density at radius 3 is 2.68 bits per heavy atom. The smallest absolute Gasteiger partial charge is 0.318 e. The first kappa shape index (κ1) is 20.5. The van der Waals surface area contributed by atoms with E-state index in [1.54, 1.807) is 29.0 Å². The average molecular weight is 393 g/mol. The molecule has 1 saturated carbocycles.